The standard InChI is InChI=1S/C20H20N2O3/c21-12-15-6-8-17(9-7-15)19-11-10-18(23)13-22(19)20(24)25-14-16-4-2-1-3-5-16/h1-9,18-19,23H,10-11,13-14H2/t18-,19-/m0/s1. The fraction of sp³-hybridized carbons (Fsp3) is 0.300. The molecule has 1 saturated heterocycles. The van der Waals surface area contributed by atoms with Crippen LogP contribution in [0.25, 0.3) is 0 Å². The monoisotopic (exact) mass is 336 g/mol. The number of β-amino-alcohol motifs (C(OH)–C–C–N with tert-alkyl or cyclic N) is 1. The lowest BCUT2D eigenvalue weighted by molar-refractivity contribution is 0.0199. The average molecular weight is 336 g/mol. The van der Waals surface area contributed by atoms with Crippen molar-refractivity contribution in [3.63, 3.8) is 0 Å². The summed E-state index contributed by atoms with van der Waals surface area (Å²) >= 11 is 0. The lowest BCUT2D eigenvalue weighted by atomic mass is 9.94. The molecular formula is C20H20N2O3. The SMILES string of the molecule is N#Cc1ccc([C@@H]2CC[C@H](O)CN2C(=O)OCc2ccccc2)cc1. The van der Waals surface area contributed by atoms with Crippen molar-refractivity contribution in [3.8, 4) is 6.07 Å². The number of carbonyl (C=O) groups is 1. The zero-order valence-corrected chi connectivity index (χ0v) is 13.8. The molecule has 2 aromatic carbocycles. The van der Waals surface area contributed by atoms with Gasteiger partial charge in [0.1, 0.15) is 6.61 Å². The van der Waals surface area contributed by atoms with Gasteiger partial charge in [0.05, 0.1) is 30.3 Å². The summed E-state index contributed by atoms with van der Waals surface area (Å²) in [5, 5.41) is 18.9. The third-order valence-electron chi connectivity index (χ3n) is 4.42. The number of amides is 1. The van der Waals surface area contributed by atoms with Crippen molar-refractivity contribution in [2.24, 2.45) is 0 Å². The first-order valence-corrected chi connectivity index (χ1v) is 8.33. The van der Waals surface area contributed by atoms with Crippen LogP contribution >= 0.6 is 0 Å². The molecule has 0 spiro atoms. The number of hydrogen-bond donors (Lipinski definition) is 1. The van der Waals surface area contributed by atoms with Gasteiger partial charge in [0.15, 0.2) is 0 Å². The first-order valence-electron chi connectivity index (χ1n) is 8.33. The van der Waals surface area contributed by atoms with E-state index in [2.05, 4.69) is 6.07 Å². The van der Waals surface area contributed by atoms with Gasteiger partial charge in [0, 0.05) is 0 Å². The van der Waals surface area contributed by atoms with Gasteiger partial charge in [0.2, 0.25) is 0 Å². The molecule has 2 atom stereocenters. The predicted molar refractivity (Wildman–Crippen MR) is 92.5 cm³/mol. The normalized spacial score (nSPS) is 19.9. The van der Waals surface area contributed by atoms with Crippen molar-refractivity contribution in [2.75, 3.05) is 6.54 Å². The van der Waals surface area contributed by atoms with E-state index in [-0.39, 0.29) is 19.2 Å². The zero-order valence-electron chi connectivity index (χ0n) is 13.8. The minimum Gasteiger partial charge on any atom is -0.445 e. The number of nitriles is 1. The van der Waals surface area contributed by atoms with Crippen LogP contribution in [0.4, 0.5) is 4.79 Å². The first kappa shape index (κ1) is 17.0. The third kappa shape index (κ3) is 4.17. The van der Waals surface area contributed by atoms with E-state index in [1.54, 1.807) is 17.0 Å². The number of aliphatic hydroxyl groups is 1. The Balaban J connectivity index is 1.72. The van der Waals surface area contributed by atoms with Crippen LogP contribution in [0.1, 0.15) is 35.6 Å². The molecule has 3 rings (SSSR count). The molecule has 0 bridgehead atoms. The van der Waals surface area contributed by atoms with Crippen LogP contribution in [-0.2, 0) is 11.3 Å². The maximum absolute atomic E-state index is 12.6. The van der Waals surface area contributed by atoms with Gasteiger partial charge in [-0.2, -0.15) is 5.26 Å². The van der Waals surface area contributed by atoms with Crippen molar-refractivity contribution in [3.05, 3.63) is 71.3 Å². The molecule has 2 aromatic rings. The second kappa shape index (κ2) is 7.82. The Morgan fingerprint density at radius 2 is 1.88 bits per heavy atom. The number of likely N-dealkylation sites (tertiary alicyclic amines) is 1. The molecule has 128 valence electrons. The van der Waals surface area contributed by atoms with E-state index in [4.69, 9.17) is 10.00 Å². The smallest absolute Gasteiger partial charge is 0.410 e. The summed E-state index contributed by atoms with van der Waals surface area (Å²) < 4.78 is 5.44. The number of benzene rings is 2. The van der Waals surface area contributed by atoms with Gasteiger partial charge in [-0.05, 0) is 36.1 Å². The lowest BCUT2D eigenvalue weighted by Gasteiger charge is -2.37. The summed E-state index contributed by atoms with van der Waals surface area (Å²) in [4.78, 5) is 14.1. The van der Waals surface area contributed by atoms with E-state index < -0.39 is 12.2 Å². The lowest BCUT2D eigenvalue weighted by Crippen LogP contribution is -2.44. The summed E-state index contributed by atoms with van der Waals surface area (Å²) in [7, 11) is 0. The van der Waals surface area contributed by atoms with Gasteiger partial charge < -0.3 is 9.84 Å². The fourth-order valence-corrected chi connectivity index (χ4v) is 3.08. The number of rotatable bonds is 3. The molecule has 25 heavy (non-hydrogen) atoms. The summed E-state index contributed by atoms with van der Waals surface area (Å²) in [6.45, 7) is 0.449. The van der Waals surface area contributed by atoms with Crippen molar-refractivity contribution < 1.29 is 14.6 Å². The molecule has 1 fully saturated rings. The summed E-state index contributed by atoms with van der Waals surface area (Å²) in [5.41, 5.74) is 2.45. The summed E-state index contributed by atoms with van der Waals surface area (Å²) in [6, 6.07) is 18.6. The molecule has 1 heterocycles. The number of piperidine rings is 1. The highest BCUT2D eigenvalue weighted by Gasteiger charge is 2.32. The maximum atomic E-state index is 12.6. The largest absolute Gasteiger partial charge is 0.445 e. The van der Waals surface area contributed by atoms with Crippen LogP contribution in [-0.4, -0.2) is 28.7 Å². The van der Waals surface area contributed by atoms with Gasteiger partial charge >= 0.3 is 6.09 Å². The average Bonchev–Trinajstić information content (AvgIpc) is 2.67. The number of aliphatic hydroxyl groups excluding tert-OH is 1. The number of ether oxygens (including phenoxy) is 1. The van der Waals surface area contributed by atoms with E-state index in [0.717, 1.165) is 11.1 Å². The number of nitrogens with zero attached hydrogens (tertiary/aromatic N) is 2. The Morgan fingerprint density at radius 1 is 1.16 bits per heavy atom. The van der Waals surface area contributed by atoms with Gasteiger partial charge in [-0.15, -0.1) is 0 Å². The highest BCUT2D eigenvalue weighted by molar-refractivity contribution is 5.68. The number of hydrogen-bond acceptors (Lipinski definition) is 4. The van der Waals surface area contributed by atoms with Crippen LogP contribution in [0.2, 0.25) is 0 Å². The van der Waals surface area contributed by atoms with Gasteiger partial charge in [-0.25, -0.2) is 4.79 Å². The summed E-state index contributed by atoms with van der Waals surface area (Å²) in [6.07, 6.45) is 0.316. The molecule has 1 N–H and O–H groups in total. The van der Waals surface area contributed by atoms with E-state index in [9.17, 15) is 9.90 Å². The minimum absolute atomic E-state index is 0.153. The van der Waals surface area contributed by atoms with Gasteiger partial charge in [0.25, 0.3) is 0 Å². The van der Waals surface area contributed by atoms with Crippen LogP contribution in [0.3, 0.4) is 0 Å². The van der Waals surface area contributed by atoms with Crippen molar-refractivity contribution in [2.45, 2.75) is 31.6 Å². The molecule has 5 heteroatoms. The molecule has 1 amide bonds. The predicted octanol–water partition coefficient (Wildman–Crippen LogP) is 3.39. The van der Waals surface area contributed by atoms with Crippen LogP contribution in [0, 0.1) is 11.3 Å². The van der Waals surface area contributed by atoms with E-state index in [0.29, 0.717) is 18.4 Å². The third-order valence-corrected chi connectivity index (χ3v) is 4.42. The molecule has 0 aromatic heterocycles. The Labute approximate surface area is 147 Å². The van der Waals surface area contributed by atoms with Crippen molar-refractivity contribution in [1.29, 1.82) is 5.26 Å². The van der Waals surface area contributed by atoms with Crippen LogP contribution in [0.15, 0.2) is 54.6 Å². The highest BCUT2D eigenvalue weighted by atomic mass is 16.6. The molecule has 0 saturated carbocycles. The molecule has 0 radical (unpaired) electrons. The topological polar surface area (TPSA) is 73.6 Å². The van der Waals surface area contributed by atoms with E-state index >= 15 is 0 Å². The summed E-state index contributed by atoms with van der Waals surface area (Å²) in [5.74, 6) is 0. The first-order chi connectivity index (χ1) is 12.2. The Hall–Kier alpha value is -2.84. The minimum atomic E-state index is -0.543. The molecule has 0 aliphatic carbocycles. The molecular weight excluding hydrogens is 316 g/mol. The fourth-order valence-electron chi connectivity index (χ4n) is 3.08. The number of carbonyl (C=O) groups excluding carboxylic acids is 1. The molecule has 0 unspecified atom stereocenters. The highest BCUT2D eigenvalue weighted by Crippen LogP contribution is 2.31. The van der Waals surface area contributed by atoms with Gasteiger partial charge in [-0.3, -0.25) is 4.90 Å². The van der Waals surface area contributed by atoms with Crippen molar-refractivity contribution >= 4 is 6.09 Å². The van der Waals surface area contributed by atoms with E-state index in [1.165, 1.54) is 0 Å². The zero-order chi connectivity index (χ0) is 17.6. The van der Waals surface area contributed by atoms with Crippen LogP contribution in [0.5, 0.6) is 0 Å². The molecule has 1 aliphatic heterocycles. The van der Waals surface area contributed by atoms with E-state index in [1.807, 2.05) is 42.5 Å². The Bertz CT molecular complexity index is 753. The second-order valence-electron chi connectivity index (χ2n) is 6.17. The van der Waals surface area contributed by atoms with Gasteiger partial charge in [-0.1, -0.05) is 42.5 Å². The van der Waals surface area contributed by atoms with Crippen LogP contribution < -0.4 is 0 Å². The second-order valence-corrected chi connectivity index (χ2v) is 6.17. The quantitative estimate of drug-likeness (QED) is 0.932. The maximum Gasteiger partial charge on any atom is 0.410 e. The Kier molecular flexibility index (Phi) is 5.32. The van der Waals surface area contributed by atoms with Crippen molar-refractivity contribution in [1.82, 2.24) is 4.90 Å². The molecule has 1 aliphatic rings. The Morgan fingerprint density at radius 3 is 2.56 bits per heavy atom. The molecule has 5 nitrogen and oxygen atoms in total.